The molecule has 6 heteroatoms. The van der Waals surface area contributed by atoms with Crippen molar-refractivity contribution < 1.29 is 14.3 Å². The van der Waals surface area contributed by atoms with Gasteiger partial charge in [-0.25, -0.2) is 0 Å². The molecule has 1 N–H and O–H groups in total. The minimum Gasteiger partial charge on any atom is -0.483 e. The fourth-order valence-electron chi connectivity index (χ4n) is 2.32. The zero-order chi connectivity index (χ0) is 16.8. The summed E-state index contributed by atoms with van der Waals surface area (Å²) < 4.78 is 5.90. The maximum absolute atomic E-state index is 12.5. The lowest BCUT2D eigenvalue weighted by Crippen LogP contribution is -2.15. The van der Waals surface area contributed by atoms with E-state index in [9.17, 15) is 9.59 Å². The van der Waals surface area contributed by atoms with E-state index in [4.69, 9.17) is 4.74 Å². The van der Waals surface area contributed by atoms with Crippen molar-refractivity contribution in [3.05, 3.63) is 77.6 Å². The molecule has 0 aliphatic carbocycles. The second kappa shape index (κ2) is 7.32. The fourth-order valence-corrected chi connectivity index (χ4v) is 2.32. The van der Waals surface area contributed by atoms with Crippen LogP contribution >= 0.6 is 0 Å². The van der Waals surface area contributed by atoms with E-state index in [1.807, 2.05) is 6.07 Å². The van der Waals surface area contributed by atoms with Crippen LogP contribution in [0.3, 0.4) is 0 Å². The van der Waals surface area contributed by atoms with E-state index >= 15 is 0 Å². The van der Waals surface area contributed by atoms with Crippen molar-refractivity contribution >= 4 is 12.1 Å². The number of nitrogens with zero attached hydrogens (tertiary/aromatic N) is 2. The predicted octanol–water partition coefficient (Wildman–Crippen LogP) is 3.01. The van der Waals surface area contributed by atoms with Crippen LogP contribution < -0.4 is 4.74 Å². The van der Waals surface area contributed by atoms with Crippen LogP contribution in [0, 0.1) is 0 Å². The largest absolute Gasteiger partial charge is 0.483 e. The third kappa shape index (κ3) is 3.55. The van der Waals surface area contributed by atoms with Gasteiger partial charge in [0.2, 0.25) is 0 Å². The maximum atomic E-state index is 12.5. The molecule has 1 atom stereocenters. The predicted molar refractivity (Wildman–Crippen MR) is 87.0 cm³/mol. The monoisotopic (exact) mass is 321 g/mol. The minimum absolute atomic E-state index is 0.0767. The van der Waals surface area contributed by atoms with Crippen LogP contribution in [0.1, 0.15) is 38.9 Å². The molecule has 24 heavy (non-hydrogen) atoms. The van der Waals surface area contributed by atoms with E-state index in [0.717, 1.165) is 0 Å². The molecule has 0 aliphatic rings. The lowest BCUT2D eigenvalue weighted by molar-refractivity contribution is 0.0901. The zero-order valence-corrected chi connectivity index (χ0v) is 12.8. The average molecular weight is 321 g/mol. The Bertz CT molecular complexity index is 817. The third-order valence-electron chi connectivity index (χ3n) is 3.55. The van der Waals surface area contributed by atoms with E-state index < -0.39 is 6.10 Å². The Balaban J connectivity index is 1.85. The number of Topliss-reactive ketones (excluding diaryl/α,β-unsaturated/α-hetero) is 1. The molecular weight excluding hydrogens is 306 g/mol. The summed E-state index contributed by atoms with van der Waals surface area (Å²) in [6.45, 7) is 0. The van der Waals surface area contributed by atoms with Gasteiger partial charge in [-0.2, -0.15) is 15.4 Å². The fraction of sp³-hybridized carbons (Fsp3) is 0.111. The molecule has 0 fully saturated rings. The van der Waals surface area contributed by atoms with Crippen LogP contribution in [0.2, 0.25) is 0 Å². The standard InChI is InChI=1S/C18H15N3O3/c22-12-14-8-4-5-9-17(14)24-18(15-11-19-21-20-15)10-16(23)13-6-2-1-3-7-13/h1-9,11-12,18H,10H2,(H,19,20,21). The first-order chi connectivity index (χ1) is 11.8. The highest BCUT2D eigenvalue weighted by Crippen LogP contribution is 2.26. The second-order valence-electron chi connectivity index (χ2n) is 5.15. The van der Waals surface area contributed by atoms with E-state index in [1.165, 1.54) is 6.20 Å². The smallest absolute Gasteiger partial charge is 0.166 e. The molecule has 0 spiro atoms. The van der Waals surface area contributed by atoms with Gasteiger partial charge in [0.25, 0.3) is 0 Å². The lowest BCUT2D eigenvalue weighted by Gasteiger charge is -2.17. The number of aromatic amines is 1. The SMILES string of the molecule is O=Cc1ccccc1OC(CC(=O)c1ccccc1)c1cn[nH]n1. The molecule has 2 aromatic carbocycles. The van der Waals surface area contributed by atoms with Crippen molar-refractivity contribution in [3.8, 4) is 5.75 Å². The normalized spacial score (nSPS) is 11.7. The van der Waals surface area contributed by atoms with Gasteiger partial charge in [-0.1, -0.05) is 42.5 Å². The Labute approximate surface area is 138 Å². The molecule has 1 heterocycles. The van der Waals surface area contributed by atoms with Crippen molar-refractivity contribution in [2.75, 3.05) is 0 Å². The molecule has 3 rings (SSSR count). The summed E-state index contributed by atoms with van der Waals surface area (Å²) in [5.74, 6) is 0.327. The molecule has 0 saturated carbocycles. The number of ether oxygens (including phenoxy) is 1. The molecule has 0 bridgehead atoms. The molecule has 6 nitrogen and oxygen atoms in total. The van der Waals surface area contributed by atoms with Crippen LogP contribution in [0.5, 0.6) is 5.75 Å². The van der Waals surface area contributed by atoms with E-state index in [1.54, 1.807) is 48.5 Å². The van der Waals surface area contributed by atoms with Crippen molar-refractivity contribution in [2.45, 2.75) is 12.5 Å². The Kier molecular flexibility index (Phi) is 4.76. The first-order valence-electron chi connectivity index (χ1n) is 7.42. The molecular formula is C18H15N3O3. The molecule has 0 amide bonds. The molecule has 0 saturated heterocycles. The number of benzene rings is 2. The van der Waals surface area contributed by atoms with Gasteiger partial charge in [0, 0.05) is 5.56 Å². The number of hydrogen-bond acceptors (Lipinski definition) is 5. The highest BCUT2D eigenvalue weighted by Gasteiger charge is 2.22. The van der Waals surface area contributed by atoms with Crippen LogP contribution in [-0.2, 0) is 0 Å². The van der Waals surface area contributed by atoms with Crippen LogP contribution in [0.4, 0.5) is 0 Å². The summed E-state index contributed by atoms with van der Waals surface area (Å²) >= 11 is 0. The van der Waals surface area contributed by atoms with Crippen LogP contribution in [0.15, 0.2) is 60.8 Å². The van der Waals surface area contributed by atoms with Gasteiger partial charge >= 0.3 is 0 Å². The van der Waals surface area contributed by atoms with Gasteiger partial charge < -0.3 is 4.74 Å². The summed E-state index contributed by atoms with van der Waals surface area (Å²) in [5, 5.41) is 10.3. The molecule has 3 aromatic rings. The van der Waals surface area contributed by atoms with Crippen molar-refractivity contribution in [1.29, 1.82) is 0 Å². The van der Waals surface area contributed by atoms with E-state index in [-0.39, 0.29) is 12.2 Å². The molecule has 0 aliphatic heterocycles. The Morgan fingerprint density at radius 2 is 1.88 bits per heavy atom. The number of hydrogen-bond donors (Lipinski definition) is 1. The van der Waals surface area contributed by atoms with Gasteiger partial charge in [0.1, 0.15) is 11.4 Å². The first kappa shape index (κ1) is 15.6. The van der Waals surface area contributed by atoms with Gasteiger partial charge in [0.15, 0.2) is 18.2 Å². The second-order valence-corrected chi connectivity index (χ2v) is 5.15. The average Bonchev–Trinajstić information content (AvgIpc) is 3.17. The number of para-hydroxylation sites is 1. The highest BCUT2D eigenvalue weighted by molar-refractivity contribution is 5.96. The summed E-state index contributed by atoms with van der Waals surface area (Å²) in [5.41, 5.74) is 1.51. The topological polar surface area (TPSA) is 84.9 Å². The lowest BCUT2D eigenvalue weighted by atomic mass is 10.0. The van der Waals surface area contributed by atoms with Crippen molar-refractivity contribution in [3.63, 3.8) is 0 Å². The van der Waals surface area contributed by atoms with Gasteiger partial charge in [0.05, 0.1) is 18.2 Å². The third-order valence-corrected chi connectivity index (χ3v) is 3.55. The van der Waals surface area contributed by atoms with E-state index in [2.05, 4.69) is 15.4 Å². The summed E-state index contributed by atoms with van der Waals surface area (Å²) in [7, 11) is 0. The van der Waals surface area contributed by atoms with E-state index in [0.29, 0.717) is 28.9 Å². The number of carbonyl (C=O) groups is 2. The molecule has 0 radical (unpaired) electrons. The number of aldehydes is 1. The van der Waals surface area contributed by atoms with Crippen molar-refractivity contribution in [1.82, 2.24) is 15.4 Å². The Morgan fingerprint density at radius 3 is 2.58 bits per heavy atom. The number of aromatic nitrogens is 3. The summed E-state index contributed by atoms with van der Waals surface area (Å²) in [4.78, 5) is 23.6. The van der Waals surface area contributed by atoms with Gasteiger partial charge in [-0.3, -0.25) is 9.59 Å². The molecule has 120 valence electrons. The number of carbonyl (C=O) groups excluding carboxylic acids is 2. The maximum Gasteiger partial charge on any atom is 0.166 e. The Hall–Kier alpha value is -3.28. The number of H-pyrrole nitrogens is 1. The molecule has 1 unspecified atom stereocenters. The summed E-state index contributed by atoms with van der Waals surface area (Å²) in [6.07, 6.45) is 1.67. The van der Waals surface area contributed by atoms with Crippen LogP contribution in [-0.4, -0.2) is 27.5 Å². The number of ketones is 1. The number of nitrogens with one attached hydrogen (secondary N) is 1. The quantitative estimate of drug-likeness (QED) is 0.534. The zero-order valence-electron chi connectivity index (χ0n) is 12.8. The van der Waals surface area contributed by atoms with Crippen LogP contribution in [0.25, 0.3) is 0 Å². The highest BCUT2D eigenvalue weighted by atomic mass is 16.5. The molecule has 1 aromatic heterocycles. The number of rotatable bonds is 7. The van der Waals surface area contributed by atoms with Gasteiger partial charge in [-0.15, -0.1) is 0 Å². The first-order valence-corrected chi connectivity index (χ1v) is 7.42. The van der Waals surface area contributed by atoms with Gasteiger partial charge in [-0.05, 0) is 12.1 Å². The van der Waals surface area contributed by atoms with Crippen molar-refractivity contribution in [2.24, 2.45) is 0 Å². The Morgan fingerprint density at radius 1 is 1.12 bits per heavy atom. The minimum atomic E-state index is -0.641. The summed E-state index contributed by atoms with van der Waals surface area (Å²) in [6, 6.07) is 15.8.